The Bertz CT molecular complexity index is 201. The molecule has 82 valence electrons. The molecule has 0 spiro atoms. The first-order valence-corrected chi connectivity index (χ1v) is 4.81. The lowest BCUT2D eigenvalue weighted by atomic mass is 10.1. The number of hydrogen-bond acceptors (Lipinski definition) is 5. The fourth-order valence-corrected chi connectivity index (χ4v) is 2.02. The second kappa shape index (κ2) is 3.43. The summed E-state index contributed by atoms with van der Waals surface area (Å²) in [6, 6.07) is 0. The predicted molar refractivity (Wildman–Crippen MR) is 48.5 cm³/mol. The standard InChI is InChI=1S/C9H17NO4/c1-9(2)13-6-5(4-10)12-8(11-3)7(6)14-9/h5-8H,4,10H2,1-3H3/t5-,6-,7-,8-/m1/s1/i10+1. The maximum absolute atomic E-state index is 5.70. The molecule has 2 fully saturated rings. The van der Waals surface area contributed by atoms with E-state index >= 15 is 0 Å². The van der Waals surface area contributed by atoms with Crippen LogP contribution >= 0.6 is 0 Å². The number of rotatable bonds is 2. The van der Waals surface area contributed by atoms with Gasteiger partial charge in [0.1, 0.15) is 18.3 Å². The molecule has 2 saturated heterocycles. The highest BCUT2D eigenvalue weighted by molar-refractivity contribution is 4.95. The van der Waals surface area contributed by atoms with E-state index < -0.39 is 5.79 Å². The summed E-state index contributed by atoms with van der Waals surface area (Å²) >= 11 is 0. The van der Waals surface area contributed by atoms with Gasteiger partial charge in [-0.25, -0.2) is 0 Å². The zero-order valence-corrected chi connectivity index (χ0v) is 8.73. The average molecular weight is 204 g/mol. The average Bonchev–Trinajstić information content (AvgIpc) is 2.57. The molecule has 2 aliphatic heterocycles. The van der Waals surface area contributed by atoms with Gasteiger partial charge in [0.05, 0.1) is 0 Å². The second-order valence-electron chi connectivity index (χ2n) is 4.08. The Morgan fingerprint density at radius 2 is 1.93 bits per heavy atom. The van der Waals surface area contributed by atoms with Gasteiger partial charge in [0.2, 0.25) is 0 Å². The smallest absolute Gasteiger partial charge is 0.186 e. The molecule has 0 unspecified atom stereocenters. The zero-order valence-electron chi connectivity index (χ0n) is 8.73. The molecule has 0 aromatic carbocycles. The van der Waals surface area contributed by atoms with Crippen molar-refractivity contribution in [3.05, 3.63) is 0 Å². The van der Waals surface area contributed by atoms with Crippen LogP contribution in [0.3, 0.4) is 0 Å². The SMILES string of the molecule is CO[C@@H]1O[C@H](C[15NH2])[C@H]2OC(C)(C)O[C@@H]12. The Hall–Kier alpha value is -0.200. The van der Waals surface area contributed by atoms with E-state index in [9.17, 15) is 0 Å². The summed E-state index contributed by atoms with van der Waals surface area (Å²) in [6.45, 7) is 4.18. The fraction of sp³-hybridized carbons (Fsp3) is 1.00. The summed E-state index contributed by atoms with van der Waals surface area (Å²) in [6.07, 6.45) is -0.773. The van der Waals surface area contributed by atoms with E-state index in [1.54, 1.807) is 7.11 Å². The van der Waals surface area contributed by atoms with E-state index in [2.05, 4.69) is 0 Å². The summed E-state index contributed by atoms with van der Waals surface area (Å²) in [5, 5.41) is 0. The molecule has 4 atom stereocenters. The Balaban J connectivity index is 2.12. The molecule has 2 N–H and O–H groups in total. The fourth-order valence-electron chi connectivity index (χ4n) is 2.02. The molecule has 0 aromatic heterocycles. The summed E-state index contributed by atoms with van der Waals surface area (Å²) in [5.74, 6) is -0.566. The molecule has 0 aromatic rings. The molecular weight excluding hydrogens is 187 g/mol. The molecule has 0 saturated carbocycles. The Kier molecular flexibility index (Phi) is 2.53. The van der Waals surface area contributed by atoms with E-state index in [0.29, 0.717) is 6.54 Å². The molecular formula is C9H17NO4. The zero-order chi connectivity index (χ0) is 10.3. The molecule has 0 amide bonds. The minimum atomic E-state index is -0.566. The topological polar surface area (TPSA) is 62.9 Å². The summed E-state index contributed by atoms with van der Waals surface area (Å²) in [4.78, 5) is 0. The van der Waals surface area contributed by atoms with Gasteiger partial charge in [0.25, 0.3) is 0 Å². The van der Waals surface area contributed by atoms with Crippen LogP contribution in [-0.2, 0) is 18.9 Å². The Labute approximate surface area is 83.4 Å². The Morgan fingerprint density at radius 1 is 1.29 bits per heavy atom. The normalized spacial score (nSPS) is 45.4. The van der Waals surface area contributed by atoms with Crippen LogP contribution in [0.2, 0.25) is 0 Å². The van der Waals surface area contributed by atoms with Crippen molar-refractivity contribution in [1.29, 1.82) is 0 Å². The number of fused-ring (bicyclic) bond motifs is 1. The molecule has 0 bridgehead atoms. The monoisotopic (exact) mass is 204 g/mol. The van der Waals surface area contributed by atoms with E-state index in [1.807, 2.05) is 13.8 Å². The van der Waals surface area contributed by atoms with Crippen LogP contribution in [-0.4, -0.2) is 44.0 Å². The van der Waals surface area contributed by atoms with Gasteiger partial charge in [-0.2, -0.15) is 0 Å². The lowest BCUT2D eigenvalue weighted by Crippen LogP contribution is -2.34. The molecule has 5 nitrogen and oxygen atoms in total. The number of ether oxygens (including phenoxy) is 4. The van der Waals surface area contributed by atoms with Crippen LogP contribution in [0.1, 0.15) is 13.8 Å². The van der Waals surface area contributed by atoms with E-state index in [4.69, 9.17) is 24.7 Å². The van der Waals surface area contributed by atoms with E-state index in [1.165, 1.54) is 0 Å². The van der Waals surface area contributed by atoms with Crippen molar-refractivity contribution in [2.45, 2.75) is 44.2 Å². The first-order chi connectivity index (χ1) is 6.57. The number of methoxy groups -OCH3 is 1. The van der Waals surface area contributed by atoms with E-state index in [-0.39, 0.29) is 24.6 Å². The number of nitrogens with two attached hydrogens (primary N) is 1. The van der Waals surface area contributed by atoms with Gasteiger partial charge >= 0.3 is 0 Å². The third-order valence-corrected chi connectivity index (χ3v) is 2.57. The summed E-state index contributed by atoms with van der Waals surface area (Å²) < 4.78 is 22.1. The van der Waals surface area contributed by atoms with Crippen LogP contribution in [0.4, 0.5) is 0 Å². The summed E-state index contributed by atoms with van der Waals surface area (Å²) in [5.41, 5.74) is 5.58. The van der Waals surface area contributed by atoms with Gasteiger partial charge in [0.15, 0.2) is 12.1 Å². The highest BCUT2D eigenvalue weighted by Gasteiger charge is 2.54. The third-order valence-electron chi connectivity index (χ3n) is 2.57. The van der Waals surface area contributed by atoms with Crippen molar-refractivity contribution >= 4 is 0 Å². The minimum Gasteiger partial charge on any atom is -0.353 e. The van der Waals surface area contributed by atoms with Crippen LogP contribution in [0, 0.1) is 0 Å². The van der Waals surface area contributed by atoms with Crippen molar-refractivity contribution in [3.63, 3.8) is 0 Å². The highest BCUT2D eigenvalue weighted by atomic mass is 16.8. The van der Waals surface area contributed by atoms with Crippen LogP contribution in [0.15, 0.2) is 0 Å². The number of hydrogen-bond donors (Lipinski definition) is 1. The van der Waals surface area contributed by atoms with Crippen molar-refractivity contribution in [1.82, 2.24) is 0 Å². The van der Waals surface area contributed by atoms with Gasteiger partial charge in [0, 0.05) is 13.7 Å². The van der Waals surface area contributed by atoms with Crippen LogP contribution in [0.25, 0.3) is 0 Å². The molecule has 2 heterocycles. The Morgan fingerprint density at radius 3 is 2.50 bits per heavy atom. The molecule has 2 rings (SSSR count). The van der Waals surface area contributed by atoms with Crippen LogP contribution < -0.4 is 5.73 Å². The quantitative estimate of drug-likeness (QED) is 0.633. The van der Waals surface area contributed by atoms with Crippen molar-refractivity contribution in [2.75, 3.05) is 13.7 Å². The predicted octanol–water partition coefficient (Wildman–Crippen LogP) is -0.163. The minimum absolute atomic E-state index is 0.111. The van der Waals surface area contributed by atoms with E-state index in [0.717, 1.165) is 0 Å². The van der Waals surface area contributed by atoms with Crippen molar-refractivity contribution in [3.8, 4) is 0 Å². The molecule has 14 heavy (non-hydrogen) atoms. The molecule has 5 heteroatoms. The van der Waals surface area contributed by atoms with Gasteiger partial charge in [-0.1, -0.05) is 0 Å². The maximum atomic E-state index is 5.70. The van der Waals surface area contributed by atoms with Gasteiger partial charge in [-0.05, 0) is 13.8 Å². The third kappa shape index (κ3) is 1.55. The maximum Gasteiger partial charge on any atom is 0.186 e. The molecule has 2 aliphatic rings. The summed E-state index contributed by atoms with van der Waals surface area (Å²) in [7, 11) is 1.59. The highest BCUT2D eigenvalue weighted by Crippen LogP contribution is 2.38. The second-order valence-corrected chi connectivity index (χ2v) is 4.08. The lowest BCUT2D eigenvalue weighted by Gasteiger charge is -2.22. The molecule has 0 aliphatic carbocycles. The van der Waals surface area contributed by atoms with Crippen molar-refractivity contribution < 1.29 is 18.9 Å². The lowest BCUT2D eigenvalue weighted by molar-refractivity contribution is -0.225. The first kappa shape index (κ1) is 10.3. The van der Waals surface area contributed by atoms with Crippen LogP contribution in [0.5, 0.6) is 0 Å². The molecule has 0 radical (unpaired) electrons. The van der Waals surface area contributed by atoms with Crippen molar-refractivity contribution in [2.24, 2.45) is 5.73 Å². The van der Waals surface area contributed by atoms with Gasteiger partial charge in [-0.15, -0.1) is 0 Å². The largest absolute Gasteiger partial charge is 0.353 e. The van der Waals surface area contributed by atoms with Gasteiger partial charge in [-0.3, -0.25) is 0 Å². The van der Waals surface area contributed by atoms with Gasteiger partial charge < -0.3 is 24.7 Å². The first-order valence-electron chi connectivity index (χ1n) is 4.81.